The summed E-state index contributed by atoms with van der Waals surface area (Å²) in [6, 6.07) is 0. The molecule has 0 aromatic carbocycles. The summed E-state index contributed by atoms with van der Waals surface area (Å²) in [5.41, 5.74) is 0. The summed E-state index contributed by atoms with van der Waals surface area (Å²) in [6.45, 7) is 8.06. The summed E-state index contributed by atoms with van der Waals surface area (Å²) < 4.78 is 28.6. The lowest BCUT2D eigenvalue weighted by Crippen LogP contribution is -2.50. The Balaban J connectivity index is 1.81. The normalized spacial score (nSPS) is 48.8. The molecule has 16 heavy (non-hydrogen) atoms. The molecule has 3 saturated heterocycles. The van der Waals surface area contributed by atoms with Crippen molar-refractivity contribution in [2.45, 2.75) is 63.9 Å². The van der Waals surface area contributed by atoms with Gasteiger partial charge in [-0.2, -0.15) is 0 Å². The molecule has 5 heteroatoms. The van der Waals surface area contributed by atoms with E-state index in [0.717, 1.165) is 0 Å². The molecule has 3 rings (SSSR count). The zero-order valence-corrected chi connectivity index (χ0v) is 10.1. The highest BCUT2D eigenvalue weighted by Gasteiger charge is 2.57. The van der Waals surface area contributed by atoms with Gasteiger partial charge in [0.2, 0.25) is 0 Å². The molecule has 0 saturated carbocycles. The van der Waals surface area contributed by atoms with E-state index < -0.39 is 11.6 Å². The molecule has 92 valence electrons. The van der Waals surface area contributed by atoms with Crippen molar-refractivity contribution in [3.05, 3.63) is 0 Å². The summed E-state index contributed by atoms with van der Waals surface area (Å²) >= 11 is 0. The summed E-state index contributed by atoms with van der Waals surface area (Å²) in [6.07, 6.45) is -0.700. The van der Waals surface area contributed by atoms with E-state index in [0.29, 0.717) is 6.61 Å². The van der Waals surface area contributed by atoms with Crippen molar-refractivity contribution < 1.29 is 23.7 Å². The summed E-state index contributed by atoms with van der Waals surface area (Å²) in [5, 5.41) is 0. The average Bonchev–Trinajstić information content (AvgIpc) is 2.58. The molecule has 3 heterocycles. The second kappa shape index (κ2) is 3.17. The van der Waals surface area contributed by atoms with Crippen LogP contribution in [0.2, 0.25) is 0 Å². The van der Waals surface area contributed by atoms with E-state index in [-0.39, 0.29) is 24.6 Å². The highest BCUT2D eigenvalue weighted by atomic mass is 16.8. The van der Waals surface area contributed by atoms with Crippen molar-refractivity contribution in [1.82, 2.24) is 0 Å². The van der Waals surface area contributed by atoms with Crippen molar-refractivity contribution in [2.75, 3.05) is 6.61 Å². The zero-order chi connectivity index (χ0) is 11.6. The molecule has 0 aromatic rings. The van der Waals surface area contributed by atoms with Gasteiger partial charge in [-0.05, 0) is 27.7 Å². The van der Waals surface area contributed by atoms with E-state index in [1.54, 1.807) is 0 Å². The summed E-state index contributed by atoms with van der Waals surface area (Å²) in [7, 11) is 0. The number of hydrogen-bond acceptors (Lipinski definition) is 5. The molecular formula is C11H18O5. The lowest BCUT2D eigenvalue weighted by atomic mass is 10.1. The van der Waals surface area contributed by atoms with Crippen molar-refractivity contribution in [3.8, 4) is 0 Å². The fraction of sp³-hybridized carbons (Fsp3) is 1.00. The minimum absolute atomic E-state index is 0.0613. The maximum Gasteiger partial charge on any atom is 0.189 e. The number of ether oxygens (including phenoxy) is 5. The van der Waals surface area contributed by atoms with Gasteiger partial charge in [0.25, 0.3) is 0 Å². The fourth-order valence-corrected chi connectivity index (χ4v) is 2.57. The maximum atomic E-state index is 5.85. The summed E-state index contributed by atoms with van der Waals surface area (Å²) in [4.78, 5) is 0. The van der Waals surface area contributed by atoms with Crippen molar-refractivity contribution in [3.63, 3.8) is 0 Å². The van der Waals surface area contributed by atoms with Gasteiger partial charge in [0.15, 0.2) is 17.9 Å². The van der Waals surface area contributed by atoms with Crippen LogP contribution in [0.5, 0.6) is 0 Å². The molecule has 5 nitrogen and oxygen atoms in total. The first-order chi connectivity index (χ1) is 7.36. The second-order valence-electron chi connectivity index (χ2n) is 5.44. The van der Waals surface area contributed by atoms with Gasteiger partial charge in [0.1, 0.15) is 18.3 Å². The van der Waals surface area contributed by atoms with Gasteiger partial charge in [-0.25, -0.2) is 0 Å². The van der Waals surface area contributed by atoms with Crippen LogP contribution in [0.15, 0.2) is 0 Å². The molecule has 0 aliphatic carbocycles. The first-order valence-corrected chi connectivity index (χ1v) is 5.69. The smallest absolute Gasteiger partial charge is 0.189 e. The molecule has 0 bridgehead atoms. The Morgan fingerprint density at radius 3 is 2.19 bits per heavy atom. The third-order valence-electron chi connectivity index (χ3n) is 3.06. The SMILES string of the molecule is CC1(C)O[C@H]2[C@H](COC3OC(C)(C)O[C@H]32)O1. The van der Waals surface area contributed by atoms with Crippen LogP contribution in [-0.2, 0) is 23.7 Å². The molecule has 3 aliphatic heterocycles. The topological polar surface area (TPSA) is 46.2 Å². The van der Waals surface area contributed by atoms with Gasteiger partial charge in [-0.15, -0.1) is 0 Å². The Labute approximate surface area is 94.9 Å². The lowest BCUT2D eigenvalue weighted by Gasteiger charge is -2.30. The second-order valence-corrected chi connectivity index (χ2v) is 5.44. The van der Waals surface area contributed by atoms with Gasteiger partial charge in [-0.1, -0.05) is 0 Å². The summed E-state index contributed by atoms with van der Waals surface area (Å²) in [5.74, 6) is -1.18. The molecule has 0 aromatic heterocycles. The third kappa shape index (κ3) is 1.67. The largest absolute Gasteiger partial charge is 0.347 e. The molecule has 0 radical (unpaired) electrons. The van der Waals surface area contributed by atoms with Crippen LogP contribution in [0.3, 0.4) is 0 Å². The average molecular weight is 230 g/mol. The highest BCUT2D eigenvalue weighted by molar-refractivity contribution is 4.95. The Morgan fingerprint density at radius 2 is 1.44 bits per heavy atom. The van der Waals surface area contributed by atoms with Gasteiger partial charge >= 0.3 is 0 Å². The van der Waals surface area contributed by atoms with Crippen molar-refractivity contribution in [1.29, 1.82) is 0 Å². The third-order valence-corrected chi connectivity index (χ3v) is 3.06. The number of hydrogen-bond donors (Lipinski definition) is 0. The predicted molar refractivity (Wildman–Crippen MR) is 53.6 cm³/mol. The lowest BCUT2D eigenvalue weighted by molar-refractivity contribution is -0.205. The minimum Gasteiger partial charge on any atom is -0.347 e. The van der Waals surface area contributed by atoms with E-state index >= 15 is 0 Å². The van der Waals surface area contributed by atoms with Gasteiger partial charge in [-0.3, -0.25) is 0 Å². The molecule has 0 amide bonds. The Bertz CT molecular complexity index is 271. The zero-order valence-electron chi connectivity index (χ0n) is 10.1. The molecule has 0 spiro atoms. The van der Waals surface area contributed by atoms with Crippen LogP contribution in [0, 0.1) is 0 Å². The van der Waals surface area contributed by atoms with Crippen molar-refractivity contribution >= 4 is 0 Å². The predicted octanol–water partition coefficient (Wildman–Crippen LogP) is 1.01. The van der Waals surface area contributed by atoms with Crippen LogP contribution in [0.1, 0.15) is 27.7 Å². The van der Waals surface area contributed by atoms with Crippen LogP contribution in [-0.4, -0.2) is 42.8 Å². The Hall–Kier alpha value is -0.200. The monoisotopic (exact) mass is 230 g/mol. The molecular weight excluding hydrogens is 212 g/mol. The highest BCUT2D eigenvalue weighted by Crippen LogP contribution is 2.41. The fourth-order valence-electron chi connectivity index (χ4n) is 2.57. The van der Waals surface area contributed by atoms with E-state index in [2.05, 4.69) is 0 Å². The first kappa shape index (κ1) is 10.9. The van der Waals surface area contributed by atoms with Gasteiger partial charge < -0.3 is 23.7 Å². The maximum absolute atomic E-state index is 5.85. The van der Waals surface area contributed by atoms with E-state index in [4.69, 9.17) is 23.7 Å². The Kier molecular flexibility index (Phi) is 2.17. The van der Waals surface area contributed by atoms with Crippen LogP contribution < -0.4 is 0 Å². The van der Waals surface area contributed by atoms with Crippen LogP contribution >= 0.6 is 0 Å². The van der Waals surface area contributed by atoms with Crippen LogP contribution in [0.25, 0.3) is 0 Å². The minimum atomic E-state index is -0.611. The standard InChI is InChI=1S/C11H18O5/c1-10(2)13-6-5-12-9-8(7(6)14-10)15-11(3,4)16-9/h6-9H,5H2,1-4H3/t6-,7-,8-,9?/m0/s1. The van der Waals surface area contributed by atoms with Gasteiger partial charge in [0.05, 0.1) is 6.61 Å². The number of fused-ring (bicyclic) bond motifs is 3. The van der Waals surface area contributed by atoms with E-state index in [1.165, 1.54) is 0 Å². The Morgan fingerprint density at radius 1 is 0.812 bits per heavy atom. The van der Waals surface area contributed by atoms with Crippen LogP contribution in [0.4, 0.5) is 0 Å². The molecule has 1 unspecified atom stereocenters. The quantitative estimate of drug-likeness (QED) is 0.621. The van der Waals surface area contributed by atoms with E-state index in [1.807, 2.05) is 27.7 Å². The first-order valence-electron chi connectivity index (χ1n) is 5.69. The molecule has 0 N–H and O–H groups in total. The molecule has 3 aliphatic rings. The van der Waals surface area contributed by atoms with Gasteiger partial charge in [0, 0.05) is 0 Å². The molecule has 4 atom stereocenters. The number of rotatable bonds is 0. The molecule has 3 fully saturated rings. The van der Waals surface area contributed by atoms with Crippen molar-refractivity contribution in [2.24, 2.45) is 0 Å². The van der Waals surface area contributed by atoms with E-state index in [9.17, 15) is 0 Å².